The molecule has 0 bridgehead atoms. The summed E-state index contributed by atoms with van der Waals surface area (Å²) < 4.78 is 0. The Kier molecular flexibility index (Phi) is 7.61. The van der Waals surface area contributed by atoms with E-state index in [4.69, 9.17) is 0 Å². The fraction of sp³-hybridized carbons (Fsp3) is 0.391. The van der Waals surface area contributed by atoms with Crippen molar-refractivity contribution in [3.63, 3.8) is 0 Å². The second kappa shape index (κ2) is 9.93. The number of anilines is 2. The Bertz CT molecular complexity index is 778. The number of aryl methyl sites for hydroxylation is 1. The minimum absolute atomic E-state index is 0.0376. The Balaban J connectivity index is 2.06. The molecule has 0 saturated carbocycles. The minimum atomic E-state index is -0.615. The Morgan fingerprint density at radius 3 is 2.00 bits per heavy atom. The summed E-state index contributed by atoms with van der Waals surface area (Å²) in [6.07, 6.45) is 0. The van der Waals surface area contributed by atoms with Crippen LogP contribution in [0.25, 0.3) is 0 Å². The second-order valence-electron chi connectivity index (χ2n) is 7.27. The van der Waals surface area contributed by atoms with Gasteiger partial charge in [0, 0.05) is 30.0 Å². The van der Waals surface area contributed by atoms with Gasteiger partial charge in [0.2, 0.25) is 5.91 Å². The van der Waals surface area contributed by atoms with E-state index in [2.05, 4.69) is 29.4 Å². The van der Waals surface area contributed by atoms with Crippen LogP contribution in [0.2, 0.25) is 0 Å². The van der Waals surface area contributed by atoms with Gasteiger partial charge in [-0.1, -0.05) is 31.5 Å². The van der Waals surface area contributed by atoms with Crippen LogP contribution in [0, 0.1) is 12.8 Å². The van der Waals surface area contributed by atoms with Crippen LogP contribution in [0.1, 0.15) is 43.6 Å². The van der Waals surface area contributed by atoms with Crippen LogP contribution in [0.15, 0.2) is 48.5 Å². The highest BCUT2D eigenvalue weighted by Crippen LogP contribution is 2.18. The van der Waals surface area contributed by atoms with Gasteiger partial charge in [-0.15, -0.1) is 0 Å². The van der Waals surface area contributed by atoms with Crippen molar-refractivity contribution in [1.82, 2.24) is 5.32 Å². The highest BCUT2D eigenvalue weighted by Gasteiger charge is 2.24. The van der Waals surface area contributed by atoms with Crippen molar-refractivity contribution < 1.29 is 9.59 Å². The number of rotatable bonds is 8. The van der Waals surface area contributed by atoms with Gasteiger partial charge in [-0.2, -0.15) is 0 Å². The lowest BCUT2D eigenvalue weighted by Gasteiger charge is -2.23. The summed E-state index contributed by atoms with van der Waals surface area (Å²) in [7, 11) is 0. The zero-order chi connectivity index (χ0) is 20.7. The first kappa shape index (κ1) is 21.5. The summed E-state index contributed by atoms with van der Waals surface area (Å²) in [6, 6.07) is 14.5. The van der Waals surface area contributed by atoms with Crippen LogP contribution in [-0.2, 0) is 4.79 Å². The Morgan fingerprint density at radius 2 is 1.50 bits per heavy atom. The molecule has 2 aromatic carbocycles. The lowest BCUT2D eigenvalue weighted by atomic mass is 10.0. The normalized spacial score (nSPS) is 11.8. The first-order chi connectivity index (χ1) is 13.3. The van der Waals surface area contributed by atoms with Crippen LogP contribution in [0.5, 0.6) is 0 Å². The molecule has 1 atom stereocenters. The van der Waals surface area contributed by atoms with E-state index < -0.39 is 6.04 Å². The fourth-order valence-corrected chi connectivity index (χ4v) is 3.03. The molecule has 0 radical (unpaired) electrons. The van der Waals surface area contributed by atoms with E-state index in [1.807, 2.05) is 57.2 Å². The molecule has 2 amide bonds. The first-order valence-corrected chi connectivity index (χ1v) is 9.89. The number of carbonyl (C=O) groups is 2. The highest BCUT2D eigenvalue weighted by molar-refractivity contribution is 6.01. The fourth-order valence-electron chi connectivity index (χ4n) is 3.03. The van der Waals surface area contributed by atoms with Crippen molar-refractivity contribution in [2.24, 2.45) is 5.92 Å². The largest absolute Gasteiger partial charge is 0.372 e. The smallest absolute Gasteiger partial charge is 0.251 e. The van der Waals surface area contributed by atoms with E-state index in [0.29, 0.717) is 5.56 Å². The summed E-state index contributed by atoms with van der Waals surface area (Å²) >= 11 is 0. The Labute approximate surface area is 168 Å². The Hall–Kier alpha value is -2.82. The monoisotopic (exact) mass is 381 g/mol. The summed E-state index contributed by atoms with van der Waals surface area (Å²) in [5.74, 6) is -0.499. The molecule has 0 fully saturated rings. The van der Waals surface area contributed by atoms with Crippen molar-refractivity contribution in [2.45, 2.75) is 40.7 Å². The molecule has 2 rings (SSSR count). The molecule has 5 heteroatoms. The summed E-state index contributed by atoms with van der Waals surface area (Å²) in [6.45, 7) is 11.9. The van der Waals surface area contributed by atoms with E-state index in [1.165, 1.54) is 0 Å². The quantitative estimate of drug-likeness (QED) is 0.719. The molecule has 0 aliphatic heterocycles. The summed E-state index contributed by atoms with van der Waals surface area (Å²) in [4.78, 5) is 27.5. The molecule has 0 aliphatic carbocycles. The van der Waals surface area contributed by atoms with Gasteiger partial charge in [-0.25, -0.2) is 0 Å². The first-order valence-electron chi connectivity index (χ1n) is 9.89. The van der Waals surface area contributed by atoms with E-state index in [0.717, 1.165) is 30.0 Å². The van der Waals surface area contributed by atoms with Crippen LogP contribution in [0.4, 0.5) is 11.4 Å². The lowest BCUT2D eigenvalue weighted by molar-refractivity contribution is -0.118. The van der Waals surface area contributed by atoms with Gasteiger partial charge in [0.25, 0.3) is 5.91 Å². The van der Waals surface area contributed by atoms with Crippen LogP contribution >= 0.6 is 0 Å². The standard InChI is InChI=1S/C23H31N3O2/c1-6-26(7-2)20-14-12-19(13-15-20)24-23(28)21(16(3)4)25-22(27)18-10-8-17(5)9-11-18/h8-16,21H,6-7H2,1-5H3,(H,24,28)(H,25,27). The zero-order valence-electron chi connectivity index (χ0n) is 17.5. The van der Waals surface area contributed by atoms with Crippen LogP contribution in [0.3, 0.4) is 0 Å². The summed E-state index contributed by atoms with van der Waals surface area (Å²) in [5.41, 5.74) is 3.47. The maximum Gasteiger partial charge on any atom is 0.251 e. The molecule has 2 aromatic rings. The molecule has 0 heterocycles. The van der Waals surface area contributed by atoms with Gasteiger partial charge in [0.05, 0.1) is 0 Å². The third kappa shape index (κ3) is 5.59. The van der Waals surface area contributed by atoms with Crippen LogP contribution < -0.4 is 15.5 Å². The third-order valence-electron chi connectivity index (χ3n) is 4.81. The second-order valence-corrected chi connectivity index (χ2v) is 7.27. The van der Waals surface area contributed by atoms with Crippen molar-refractivity contribution in [1.29, 1.82) is 0 Å². The van der Waals surface area contributed by atoms with Crippen LogP contribution in [-0.4, -0.2) is 30.9 Å². The Morgan fingerprint density at radius 1 is 0.929 bits per heavy atom. The van der Waals surface area contributed by atoms with E-state index in [1.54, 1.807) is 12.1 Å². The van der Waals surface area contributed by atoms with Gasteiger partial charge in [0.1, 0.15) is 6.04 Å². The SMILES string of the molecule is CCN(CC)c1ccc(NC(=O)C(NC(=O)c2ccc(C)cc2)C(C)C)cc1. The number of nitrogens with zero attached hydrogens (tertiary/aromatic N) is 1. The predicted molar refractivity (Wildman–Crippen MR) is 116 cm³/mol. The van der Waals surface area contributed by atoms with Gasteiger partial charge in [-0.3, -0.25) is 9.59 Å². The zero-order valence-corrected chi connectivity index (χ0v) is 17.5. The predicted octanol–water partition coefficient (Wildman–Crippen LogP) is 4.23. The third-order valence-corrected chi connectivity index (χ3v) is 4.81. The van der Waals surface area contributed by atoms with E-state index in [-0.39, 0.29) is 17.7 Å². The molecule has 150 valence electrons. The topological polar surface area (TPSA) is 61.4 Å². The van der Waals surface area contributed by atoms with Gasteiger partial charge < -0.3 is 15.5 Å². The molecule has 1 unspecified atom stereocenters. The highest BCUT2D eigenvalue weighted by atomic mass is 16.2. The average Bonchev–Trinajstić information content (AvgIpc) is 2.68. The van der Waals surface area contributed by atoms with E-state index >= 15 is 0 Å². The number of amides is 2. The minimum Gasteiger partial charge on any atom is -0.372 e. The van der Waals surface area contributed by atoms with Crippen molar-refractivity contribution in [3.8, 4) is 0 Å². The number of carbonyl (C=O) groups excluding carboxylic acids is 2. The van der Waals surface area contributed by atoms with Crippen molar-refractivity contribution in [2.75, 3.05) is 23.3 Å². The molecular weight excluding hydrogens is 350 g/mol. The lowest BCUT2D eigenvalue weighted by Crippen LogP contribution is -2.47. The van der Waals surface area contributed by atoms with Crippen molar-refractivity contribution >= 4 is 23.2 Å². The van der Waals surface area contributed by atoms with Crippen molar-refractivity contribution in [3.05, 3.63) is 59.7 Å². The number of hydrogen-bond donors (Lipinski definition) is 2. The molecule has 28 heavy (non-hydrogen) atoms. The average molecular weight is 382 g/mol. The number of benzene rings is 2. The number of hydrogen-bond acceptors (Lipinski definition) is 3. The molecule has 0 aromatic heterocycles. The van der Waals surface area contributed by atoms with Gasteiger partial charge in [0.15, 0.2) is 0 Å². The molecule has 0 aliphatic rings. The molecular formula is C23H31N3O2. The summed E-state index contributed by atoms with van der Waals surface area (Å²) in [5, 5.41) is 5.78. The molecule has 0 spiro atoms. The molecule has 5 nitrogen and oxygen atoms in total. The van der Waals surface area contributed by atoms with E-state index in [9.17, 15) is 9.59 Å². The van der Waals surface area contributed by atoms with Gasteiger partial charge in [-0.05, 0) is 63.1 Å². The maximum absolute atomic E-state index is 12.8. The molecule has 0 saturated heterocycles. The maximum atomic E-state index is 12.8. The molecule has 2 N–H and O–H groups in total. The van der Waals surface area contributed by atoms with Gasteiger partial charge >= 0.3 is 0 Å². The number of nitrogens with one attached hydrogen (secondary N) is 2.